The van der Waals surface area contributed by atoms with Gasteiger partial charge in [0.2, 0.25) is 28.5 Å². The van der Waals surface area contributed by atoms with Crippen LogP contribution in [-0.2, 0) is 150 Å². The van der Waals surface area contributed by atoms with Gasteiger partial charge in [0.05, 0.1) is 6.42 Å². The SMILES string of the molecule is C1=CC2=C(C1)c1c3c(cc4[n+]1C2CC4)CC=C3.C1=CC2=C(C1)c1cc3c(c4[n+]1C2CC4)CC=C3.C1=CC2=C(C1)c1ccc3c4[n+]1C2CCC(=C3)C4.C1=Cc2c(cc[n+]3c2C2=C4C(=CC2)CCC43)C1.C1=Cc2cc3[n+](cc2C1)C1CCC2=CCC3=C21.[CH3-].[CH3-].[CH3-].[CH3-].[CH3-].[W].[W].[W].[W].[W]. The van der Waals surface area contributed by atoms with Crippen LogP contribution in [0.3, 0.4) is 0 Å². The molecule has 0 aromatic carbocycles. The fourth-order valence-electron chi connectivity index (χ4n) is 20.3. The normalized spacial score (nSPS) is 23.4. The predicted octanol–water partition coefficient (Wildman–Crippen LogP) is 16.7. The summed E-state index contributed by atoms with van der Waals surface area (Å²) >= 11 is 0. The van der Waals surface area contributed by atoms with E-state index in [9.17, 15) is 0 Å². The zero-order chi connectivity index (χ0) is 54.9. The Morgan fingerprint density at radius 3 is 1.68 bits per heavy atom. The molecule has 5 atom stereocenters. The summed E-state index contributed by atoms with van der Waals surface area (Å²) in [5.74, 6) is 0. The van der Waals surface area contributed by atoms with E-state index in [1.807, 2.05) is 0 Å². The van der Waals surface area contributed by atoms with Crippen LogP contribution in [0.5, 0.6) is 0 Å². The molecular formula is C85H85N5W5. The van der Waals surface area contributed by atoms with Crippen molar-refractivity contribution in [1.82, 2.24) is 0 Å². The van der Waals surface area contributed by atoms with Gasteiger partial charge in [-0.05, 0) is 123 Å². The molecule has 2 bridgehead atoms. The van der Waals surface area contributed by atoms with Crippen molar-refractivity contribution in [3.8, 4) is 0 Å². The molecule has 95 heavy (non-hydrogen) atoms. The molecule has 480 valence electrons. The van der Waals surface area contributed by atoms with E-state index >= 15 is 0 Å². The zero-order valence-corrected chi connectivity index (χ0v) is 70.4. The minimum Gasteiger partial charge on any atom is -0.358 e. The first-order valence-electron chi connectivity index (χ1n) is 33.0. The van der Waals surface area contributed by atoms with Crippen LogP contribution in [-0.4, -0.2) is 0 Å². The molecule has 5 unspecified atom stereocenters. The first-order chi connectivity index (χ1) is 42.1. The van der Waals surface area contributed by atoms with Crippen molar-refractivity contribution in [2.75, 3.05) is 0 Å². The first-order valence-corrected chi connectivity index (χ1v) is 33.0. The number of allylic oxidation sites excluding steroid dienone is 25. The van der Waals surface area contributed by atoms with Crippen molar-refractivity contribution in [2.24, 2.45) is 0 Å². The molecule has 0 spiro atoms. The summed E-state index contributed by atoms with van der Waals surface area (Å²) in [5, 5.41) is 0. The average Bonchev–Trinajstić information content (AvgIpc) is 1.59. The fourth-order valence-corrected chi connectivity index (χ4v) is 20.3. The molecule has 0 N–H and O–H groups in total. The molecule has 12 aliphatic carbocycles. The molecule has 0 saturated heterocycles. The summed E-state index contributed by atoms with van der Waals surface area (Å²) in [4.78, 5) is 0. The van der Waals surface area contributed by atoms with Gasteiger partial charge in [-0.2, -0.15) is 22.8 Å². The summed E-state index contributed by atoms with van der Waals surface area (Å²) in [6.45, 7) is 0. The summed E-state index contributed by atoms with van der Waals surface area (Å²) in [6.07, 6.45) is 69.1. The van der Waals surface area contributed by atoms with Crippen LogP contribution in [0.1, 0.15) is 209 Å². The van der Waals surface area contributed by atoms with Crippen molar-refractivity contribution in [3.63, 3.8) is 0 Å². The number of nitrogens with zero attached hydrogens (tertiary/aromatic N) is 5. The molecule has 13 heterocycles. The maximum absolute atomic E-state index is 2.64. The Morgan fingerprint density at radius 2 is 0.926 bits per heavy atom. The van der Waals surface area contributed by atoms with E-state index in [2.05, 4.69) is 175 Å². The molecule has 0 amide bonds. The number of pyridine rings is 5. The van der Waals surface area contributed by atoms with Crippen LogP contribution in [0, 0.1) is 37.1 Å². The van der Waals surface area contributed by atoms with Crippen LogP contribution in [0.15, 0.2) is 166 Å². The summed E-state index contributed by atoms with van der Waals surface area (Å²) in [6, 6.07) is 17.6. The van der Waals surface area contributed by atoms with Crippen LogP contribution >= 0.6 is 0 Å². The van der Waals surface area contributed by atoms with Gasteiger partial charge >= 0.3 is 0 Å². The largest absolute Gasteiger partial charge is 0.358 e. The number of hydrogen-bond donors (Lipinski definition) is 0. The number of rotatable bonds is 0. The third kappa shape index (κ3) is 10.2. The molecule has 5 aromatic heterocycles. The molecule has 2 fully saturated rings. The van der Waals surface area contributed by atoms with Gasteiger partial charge in [-0.15, -0.1) is 0 Å². The second-order valence-corrected chi connectivity index (χ2v) is 27.6. The van der Waals surface area contributed by atoms with Gasteiger partial charge in [-0.1, -0.05) is 103 Å². The van der Waals surface area contributed by atoms with E-state index in [1.54, 1.807) is 106 Å². The van der Waals surface area contributed by atoms with Gasteiger partial charge in [0.25, 0.3) is 0 Å². The first kappa shape index (κ1) is 71.6. The maximum Gasteiger partial charge on any atom is 0.217 e. The molecular weight excluding hydrogens is 2010 g/mol. The van der Waals surface area contributed by atoms with Gasteiger partial charge in [-0.25, -0.2) is 0 Å². The van der Waals surface area contributed by atoms with E-state index in [0.717, 1.165) is 44.9 Å². The summed E-state index contributed by atoms with van der Waals surface area (Å²) < 4.78 is 13.0. The van der Waals surface area contributed by atoms with Crippen LogP contribution in [0.2, 0.25) is 0 Å². The molecule has 0 radical (unpaired) electrons. The number of aryl methyl sites for hydroxylation is 1. The van der Waals surface area contributed by atoms with Crippen molar-refractivity contribution in [2.45, 2.75) is 159 Å². The molecule has 8 aliphatic heterocycles. The Bertz CT molecular complexity index is 4690. The van der Waals surface area contributed by atoms with E-state index < -0.39 is 0 Å². The molecule has 25 rings (SSSR count). The van der Waals surface area contributed by atoms with Gasteiger partial charge in [0.1, 0.15) is 0 Å². The second-order valence-electron chi connectivity index (χ2n) is 27.6. The number of aromatic nitrogens is 5. The minimum atomic E-state index is 0. The van der Waals surface area contributed by atoms with Gasteiger partial charge in [-0.3, -0.25) is 0 Å². The standard InChI is InChI=1S/5C16H14N.5CH3.5W/c1-3-10-9-11-7-8-15-13-5-2-6-14(13)16(17(11)15)12(10)4-1;1-3-10-9-16-13-6-2-5-12(13)15-8-7-14(17(15)16)11(10)4-1;1-2-12-13(3-1)15-7-5-11-8-10-4-6-14(12)17(15)16(11)9-10;1-2-11-8-15-13-6-4-10-5-7-14(16(10)13)17(15)9-12(11)3-1;1-2-10-8-9-17-14-7-5-11-4-6-13(15(11)14)16(17)12(10)3-1;;;;;;;;;;/h1-2,4-5,9,15H,3,6-8H2;1-3,5,9,15H,4,6-8H2;1-2,5,7-8,14H,3-4,6,9H2;1-2,4,8-9,14H,3,5-7H2;1,3-4,8-9,14H,2,5-7H2;5*1H3;;;;;/q5*+1;5*-1;;;;;. The predicted molar refractivity (Wildman–Crippen MR) is 369 cm³/mol. The molecule has 10 heteroatoms. The van der Waals surface area contributed by atoms with Crippen LogP contribution in [0.4, 0.5) is 0 Å². The zero-order valence-electron chi connectivity index (χ0n) is 55.7. The Hall–Kier alpha value is -4.71. The molecule has 20 aliphatic rings. The van der Waals surface area contributed by atoms with Crippen molar-refractivity contribution < 1.29 is 128 Å². The topological polar surface area (TPSA) is 19.4 Å². The smallest absolute Gasteiger partial charge is 0.217 e. The monoisotopic (exact) mass is 2100 g/mol. The quantitative estimate of drug-likeness (QED) is 0.109. The molecule has 5 nitrogen and oxygen atoms in total. The Kier molecular flexibility index (Phi) is 20.4. The second kappa shape index (κ2) is 27.1. The van der Waals surface area contributed by atoms with Gasteiger partial charge in [0.15, 0.2) is 59.7 Å². The van der Waals surface area contributed by atoms with Gasteiger partial charge in [0, 0.05) is 264 Å². The Balaban J connectivity index is 0.000000118. The number of hydrogen-bond acceptors (Lipinski definition) is 0. The van der Waals surface area contributed by atoms with Crippen molar-refractivity contribution in [3.05, 3.63) is 299 Å². The summed E-state index contributed by atoms with van der Waals surface area (Å²) in [5.41, 5.74) is 47.0. The van der Waals surface area contributed by atoms with E-state index in [4.69, 9.17) is 0 Å². The Morgan fingerprint density at radius 1 is 0.368 bits per heavy atom. The fraction of sp³-hybridized carbons (Fsp3) is 0.294. The van der Waals surface area contributed by atoms with E-state index in [0.29, 0.717) is 30.2 Å². The van der Waals surface area contributed by atoms with Crippen molar-refractivity contribution in [1.29, 1.82) is 0 Å². The Labute approximate surface area is 637 Å². The van der Waals surface area contributed by atoms with Crippen molar-refractivity contribution >= 4 is 58.2 Å². The number of fused-ring (bicyclic) bond motifs is 20. The van der Waals surface area contributed by atoms with Gasteiger partial charge < -0.3 is 37.1 Å². The minimum absolute atomic E-state index is 0. The van der Waals surface area contributed by atoms with Crippen LogP contribution < -0.4 is 22.8 Å². The summed E-state index contributed by atoms with van der Waals surface area (Å²) in [7, 11) is 0. The van der Waals surface area contributed by atoms with Crippen LogP contribution in [0.25, 0.3) is 58.2 Å². The third-order valence-corrected chi connectivity index (χ3v) is 23.8. The third-order valence-electron chi connectivity index (χ3n) is 23.8. The van der Waals surface area contributed by atoms with E-state index in [1.165, 1.54) is 145 Å². The maximum atomic E-state index is 2.64. The average molecular weight is 2100 g/mol. The van der Waals surface area contributed by atoms with E-state index in [-0.39, 0.29) is 142 Å². The molecule has 5 aromatic rings. The molecule has 2 saturated carbocycles.